The van der Waals surface area contributed by atoms with Crippen LogP contribution in [0.25, 0.3) is 6.08 Å². The Labute approximate surface area is 161 Å². The number of amides is 1. The Morgan fingerprint density at radius 1 is 1.22 bits per heavy atom. The summed E-state index contributed by atoms with van der Waals surface area (Å²) in [4.78, 5) is 26.2. The molecular formula is C22H28N2O3. The van der Waals surface area contributed by atoms with Gasteiger partial charge in [-0.15, -0.1) is 0 Å². The fourth-order valence-corrected chi connectivity index (χ4v) is 3.44. The van der Waals surface area contributed by atoms with Gasteiger partial charge in [0.1, 0.15) is 11.6 Å². The minimum Gasteiger partial charge on any atom is -0.451 e. The third-order valence-corrected chi connectivity index (χ3v) is 4.80. The van der Waals surface area contributed by atoms with E-state index in [9.17, 15) is 14.9 Å². The van der Waals surface area contributed by atoms with Gasteiger partial charge in [0.2, 0.25) is 0 Å². The number of piperidine rings is 1. The zero-order valence-corrected chi connectivity index (χ0v) is 16.6. The molecule has 0 spiro atoms. The van der Waals surface area contributed by atoms with E-state index in [0.717, 1.165) is 12.0 Å². The van der Waals surface area contributed by atoms with E-state index in [1.54, 1.807) is 4.90 Å². The number of nitriles is 1. The van der Waals surface area contributed by atoms with Crippen molar-refractivity contribution >= 4 is 18.0 Å². The van der Waals surface area contributed by atoms with E-state index in [4.69, 9.17) is 4.74 Å². The second kappa shape index (κ2) is 9.36. The third-order valence-electron chi connectivity index (χ3n) is 4.80. The Bertz CT molecular complexity index is 734. The molecule has 1 aliphatic heterocycles. The van der Waals surface area contributed by atoms with Crippen LogP contribution in [0.4, 0.5) is 0 Å². The minimum atomic E-state index is -0.767. The molecule has 144 valence electrons. The Morgan fingerprint density at radius 2 is 1.81 bits per heavy atom. The molecule has 0 aliphatic carbocycles. The van der Waals surface area contributed by atoms with Crippen LogP contribution >= 0.6 is 0 Å². The van der Waals surface area contributed by atoms with E-state index in [2.05, 4.69) is 27.7 Å². The highest BCUT2D eigenvalue weighted by Gasteiger charge is 2.26. The number of carbonyl (C=O) groups excluding carboxylic acids is 2. The zero-order chi connectivity index (χ0) is 20.0. The molecule has 0 aromatic heterocycles. The molecule has 27 heavy (non-hydrogen) atoms. The van der Waals surface area contributed by atoms with Crippen molar-refractivity contribution in [3.63, 3.8) is 0 Å². The van der Waals surface area contributed by atoms with Crippen molar-refractivity contribution in [2.24, 2.45) is 11.8 Å². The first-order valence-corrected chi connectivity index (χ1v) is 9.46. The number of likely N-dealkylation sites (tertiary alicyclic amines) is 1. The van der Waals surface area contributed by atoms with Crippen molar-refractivity contribution in [3.8, 4) is 6.07 Å². The normalized spacial score (nSPS) is 20.3. The maximum atomic E-state index is 12.3. The predicted octanol–water partition coefficient (Wildman–Crippen LogP) is 3.76. The monoisotopic (exact) mass is 368 g/mol. The molecule has 0 saturated carbocycles. The number of hydrogen-bond acceptors (Lipinski definition) is 4. The highest BCUT2D eigenvalue weighted by atomic mass is 16.5. The maximum Gasteiger partial charge on any atom is 0.349 e. The van der Waals surface area contributed by atoms with Gasteiger partial charge in [-0.1, -0.05) is 52.0 Å². The molecule has 0 bridgehead atoms. The molecular weight excluding hydrogens is 340 g/mol. The lowest BCUT2D eigenvalue weighted by Gasteiger charge is -2.34. The number of rotatable bonds is 5. The average Bonchev–Trinajstić information content (AvgIpc) is 2.63. The van der Waals surface area contributed by atoms with E-state index in [1.807, 2.05) is 30.3 Å². The van der Waals surface area contributed by atoms with Gasteiger partial charge in [0.25, 0.3) is 5.91 Å². The summed E-state index contributed by atoms with van der Waals surface area (Å²) < 4.78 is 5.09. The van der Waals surface area contributed by atoms with Crippen LogP contribution in [0.1, 0.15) is 51.2 Å². The number of hydrogen-bond donors (Lipinski definition) is 0. The van der Waals surface area contributed by atoms with Crippen molar-refractivity contribution in [2.45, 2.75) is 40.0 Å². The summed E-state index contributed by atoms with van der Waals surface area (Å²) in [7, 11) is 0. The molecule has 1 heterocycles. The summed E-state index contributed by atoms with van der Waals surface area (Å²) in [6.45, 7) is 9.47. The van der Waals surface area contributed by atoms with Crippen LogP contribution in [0.3, 0.4) is 0 Å². The van der Waals surface area contributed by atoms with E-state index >= 15 is 0 Å². The lowest BCUT2D eigenvalue weighted by molar-refractivity contribution is -0.149. The largest absolute Gasteiger partial charge is 0.451 e. The smallest absolute Gasteiger partial charge is 0.349 e. The van der Waals surface area contributed by atoms with E-state index in [1.165, 1.54) is 11.6 Å². The molecule has 1 aromatic rings. The van der Waals surface area contributed by atoms with Gasteiger partial charge in [0, 0.05) is 13.1 Å². The number of ether oxygens (including phenoxy) is 1. The molecule has 5 heteroatoms. The quantitative estimate of drug-likeness (QED) is 0.451. The van der Waals surface area contributed by atoms with E-state index in [-0.39, 0.29) is 18.1 Å². The maximum absolute atomic E-state index is 12.3. The van der Waals surface area contributed by atoms with Crippen molar-refractivity contribution in [2.75, 3.05) is 19.7 Å². The first-order valence-electron chi connectivity index (χ1n) is 9.46. The molecule has 1 aliphatic rings. The van der Waals surface area contributed by atoms with Gasteiger partial charge in [-0.25, -0.2) is 4.79 Å². The Balaban J connectivity index is 1.96. The van der Waals surface area contributed by atoms with Gasteiger partial charge in [-0.05, 0) is 41.4 Å². The summed E-state index contributed by atoms with van der Waals surface area (Å²) in [5.41, 5.74) is 1.82. The van der Waals surface area contributed by atoms with Crippen molar-refractivity contribution in [1.29, 1.82) is 5.26 Å². The Hall–Kier alpha value is -2.61. The van der Waals surface area contributed by atoms with Gasteiger partial charge < -0.3 is 9.64 Å². The molecule has 1 fully saturated rings. The number of benzene rings is 1. The number of esters is 1. The van der Waals surface area contributed by atoms with Crippen LogP contribution in [0, 0.1) is 23.2 Å². The highest BCUT2D eigenvalue weighted by Crippen LogP contribution is 2.21. The molecule has 0 radical (unpaired) electrons. The first kappa shape index (κ1) is 20.7. The molecule has 1 amide bonds. The molecule has 0 unspecified atom stereocenters. The van der Waals surface area contributed by atoms with Crippen LogP contribution < -0.4 is 0 Å². The highest BCUT2D eigenvalue weighted by molar-refractivity contribution is 5.98. The summed E-state index contributed by atoms with van der Waals surface area (Å²) in [6, 6.07) is 9.53. The van der Waals surface area contributed by atoms with Gasteiger partial charge in [-0.3, -0.25) is 4.79 Å². The first-order chi connectivity index (χ1) is 12.8. The third kappa shape index (κ3) is 5.96. The van der Waals surface area contributed by atoms with Gasteiger partial charge in [0.05, 0.1) is 0 Å². The molecule has 2 atom stereocenters. The van der Waals surface area contributed by atoms with Crippen LogP contribution in [-0.4, -0.2) is 36.5 Å². The fraction of sp³-hybridized carbons (Fsp3) is 0.500. The van der Waals surface area contributed by atoms with Crippen molar-refractivity contribution < 1.29 is 14.3 Å². The number of nitrogens with zero attached hydrogens (tertiary/aromatic N) is 2. The summed E-state index contributed by atoms with van der Waals surface area (Å²) >= 11 is 0. The molecule has 2 rings (SSSR count). The van der Waals surface area contributed by atoms with Crippen molar-refractivity contribution in [1.82, 2.24) is 4.90 Å². The van der Waals surface area contributed by atoms with E-state index in [0.29, 0.717) is 30.8 Å². The standard InChI is InChI=1S/C22H28N2O3/c1-15(2)19-7-5-18(6-8-19)10-20(11-23)22(26)27-14-21(25)24-12-16(3)9-17(4)13-24/h5-8,10,15-17H,9,12-14H2,1-4H3/b20-10+/t16-,17+. The SMILES string of the molecule is CC(C)c1ccc(/C=C(\C#N)C(=O)OCC(=O)N2C[C@H](C)C[C@H](C)C2)cc1. The molecule has 5 nitrogen and oxygen atoms in total. The lowest BCUT2D eigenvalue weighted by atomic mass is 9.92. The van der Waals surface area contributed by atoms with Crippen LogP contribution in [0.2, 0.25) is 0 Å². The predicted molar refractivity (Wildman–Crippen MR) is 105 cm³/mol. The minimum absolute atomic E-state index is 0.111. The van der Waals surface area contributed by atoms with Crippen molar-refractivity contribution in [3.05, 3.63) is 41.0 Å². The fourth-order valence-electron chi connectivity index (χ4n) is 3.44. The summed E-state index contributed by atoms with van der Waals surface area (Å²) in [6.07, 6.45) is 2.59. The van der Waals surface area contributed by atoms with Crippen LogP contribution in [-0.2, 0) is 14.3 Å². The second-order valence-electron chi connectivity index (χ2n) is 7.81. The van der Waals surface area contributed by atoms with Crippen LogP contribution in [0.5, 0.6) is 0 Å². The Kier molecular flexibility index (Phi) is 7.18. The lowest BCUT2D eigenvalue weighted by Crippen LogP contribution is -2.44. The van der Waals surface area contributed by atoms with Crippen LogP contribution in [0.15, 0.2) is 29.8 Å². The van der Waals surface area contributed by atoms with Gasteiger partial charge in [-0.2, -0.15) is 5.26 Å². The second-order valence-corrected chi connectivity index (χ2v) is 7.81. The average molecular weight is 368 g/mol. The summed E-state index contributed by atoms with van der Waals surface area (Å²) in [5, 5.41) is 9.27. The molecule has 0 N–H and O–H groups in total. The molecule has 1 saturated heterocycles. The molecule has 1 aromatic carbocycles. The van der Waals surface area contributed by atoms with Gasteiger partial charge >= 0.3 is 5.97 Å². The zero-order valence-electron chi connectivity index (χ0n) is 16.6. The Morgan fingerprint density at radius 3 is 2.33 bits per heavy atom. The van der Waals surface area contributed by atoms with E-state index < -0.39 is 5.97 Å². The number of carbonyl (C=O) groups is 2. The van der Waals surface area contributed by atoms with Gasteiger partial charge in [0.15, 0.2) is 6.61 Å². The topological polar surface area (TPSA) is 70.4 Å². The summed E-state index contributed by atoms with van der Waals surface area (Å²) in [5.74, 6) is 0.320.